The summed E-state index contributed by atoms with van der Waals surface area (Å²) >= 11 is 5.96. The largest absolute Gasteiger partial charge is 0.455 e. The molecule has 0 spiro atoms. The van der Waals surface area contributed by atoms with Crippen molar-refractivity contribution in [2.75, 3.05) is 13.1 Å². The third-order valence-electron chi connectivity index (χ3n) is 5.54. The summed E-state index contributed by atoms with van der Waals surface area (Å²) in [5.74, 6) is 0.828. The van der Waals surface area contributed by atoms with Crippen LogP contribution in [-0.4, -0.2) is 35.5 Å². The van der Waals surface area contributed by atoms with E-state index >= 15 is 0 Å². The van der Waals surface area contributed by atoms with Gasteiger partial charge in [0.2, 0.25) is 0 Å². The number of piperidine rings is 1. The summed E-state index contributed by atoms with van der Waals surface area (Å²) in [7, 11) is 0. The van der Waals surface area contributed by atoms with Crippen LogP contribution in [0.2, 0.25) is 5.02 Å². The van der Waals surface area contributed by atoms with Crippen LogP contribution in [0.3, 0.4) is 0 Å². The molecule has 2 amide bonds. The van der Waals surface area contributed by atoms with Crippen LogP contribution in [0.25, 0.3) is 0 Å². The number of fused-ring (bicyclic) bond motifs is 1. The highest BCUT2D eigenvalue weighted by Crippen LogP contribution is 2.31. The summed E-state index contributed by atoms with van der Waals surface area (Å²) in [6.07, 6.45) is 5.59. The van der Waals surface area contributed by atoms with Crippen molar-refractivity contribution in [1.29, 1.82) is 0 Å². The molecule has 1 saturated heterocycles. The third-order valence-corrected chi connectivity index (χ3v) is 5.78. The van der Waals surface area contributed by atoms with Crippen LogP contribution in [0.4, 0.5) is 0 Å². The Morgan fingerprint density at radius 3 is 2.69 bits per heavy atom. The number of amides is 2. The Balaban J connectivity index is 1.57. The number of hydrogen-bond acceptors (Lipinski definition) is 4. The molecule has 1 N–H and O–H groups in total. The Morgan fingerprint density at radius 1 is 1.14 bits per heavy atom. The number of rotatable bonds is 3. The molecule has 1 aliphatic carbocycles. The normalized spacial score (nSPS) is 17.9. The van der Waals surface area contributed by atoms with Crippen LogP contribution < -0.4 is 5.43 Å². The lowest BCUT2D eigenvalue weighted by atomic mass is 9.93. The molecule has 0 atom stereocenters. The van der Waals surface area contributed by atoms with Crippen LogP contribution in [0.5, 0.6) is 0 Å². The lowest BCUT2D eigenvalue weighted by Gasteiger charge is -2.25. The molecule has 6 nitrogen and oxygen atoms in total. The highest BCUT2D eigenvalue weighted by Gasteiger charge is 2.30. The molecule has 2 heterocycles. The topological polar surface area (TPSA) is 74.9 Å². The molecule has 0 saturated carbocycles. The number of halogens is 1. The zero-order valence-corrected chi connectivity index (χ0v) is 17.2. The molecule has 2 aromatic rings. The Hall–Kier alpha value is -2.60. The number of hydrazone groups is 1. The van der Waals surface area contributed by atoms with Crippen molar-refractivity contribution in [1.82, 2.24) is 10.3 Å². The Labute approximate surface area is 174 Å². The minimum atomic E-state index is -0.321. The van der Waals surface area contributed by atoms with Gasteiger partial charge in [0.05, 0.1) is 5.71 Å². The van der Waals surface area contributed by atoms with E-state index in [0.29, 0.717) is 16.3 Å². The fourth-order valence-corrected chi connectivity index (χ4v) is 4.23. The SMILES string of the molecule is Cc1c(C(=O)N2CCCCC2)oc2c1/C(=N/NC(=O)c1cccc(Cl)c1)CCC2. The summed E-state index contributed by atoms with van der Waals surface area (Å²) in [4.78, 5) is 27.2. The number of furan rings is 1. The number of benzene rings is 1. The van der Waals surface area contributed by atoms with E-state index in [4.69, 9.17) is 16.0 Å². The predicted molar refractivity (Wildman–Crippen MR) is 112 cm³/mol. The molecule has 7 heteroatoms. The monoisotopic (exact) mass is 413 g/mol. The van der Waals surface area contributed by atoms with Crippen LogP contribution in [0.15, 0.2) is 33.8 Å². The molecule has 0 unspecified atom stereocenters. The Bertz CT molecular complexity index is 974. The van der Waals surface area contributed by atoms with Gasteiger partial charge >= 0.3 is 0 Å². The first kappa shape index (κ1) is 19.7. The van der Waals surface area contributed by atoms with Crippen LogP contribution in [-0.2, 0) is 6.42 Å². The van der Waals surface area contributed by atoms with Gasteiger partial charge in [0.15, 0.2) is 5.76 Å². The summed E-state index contributed by atoms with van der Waals surface area (Å²) in [5.41, 5.74) is 5.49. The second-order valence-corrected chi connectivity index (χ2v) is 8.01. The van der Waals surface area contributed by atoms with E-state index in [0.717, 1.165) is 67.8 Å². The fraction of sp³-hybridized carbons (Fsp3) is 0.409. The molecule has 1 fully saturated rings. The zero-order valence-electron chi connectivity index (χ0n) is 16.5. The predicted octanol–water partition coefficient (Wildman–Crippen LogP) is 4.34. The van der Waals surface area contributed by atoms with E-state index in [-0.39, 0.29) is 11.8 Å². The van der Waals surface area contributed by atoms with E-state index in [1.54, 1.807) is 24.3 Å². The van der Waals surface area contributed by atoms with Crippen LogP contribution in [0, 0.1) is 6.92 Å². The van der Waals surface area contributed by atoms with Gasteiger partial charge in [-0.3, -0.25) is 9.59 Å². The maximum absolute atomic E-state index is 12.9. The number of nitrogens with one attached hydrogen (secondary N) is 1. The second-order valence-electron chi connectivity index (χ2n) is 7.57. The van der Waals surface area contributed by atoms with Crippen molar-refractivity contribution in [3.05, 3.63) is 57.5 Å². The number of likely N-dealkylation sites (tertiary alicyclic amines) is 1. The van der Waals surface area contributed by atoms with Gasteiger partial charge in [-0.1, -0.05) is 17.7 Å². The molecule has 0 bridgehead atoms. The number of aryl methyl sites for hydroxylation is 1. The summed E-state index contributed by atoms with van der Waals surface area (Å²) in [6, 6.07) is 6.73. The zero-order chi connectivity index (χ0) is 20.4. The number of hydrogen-bond donors (Lipinski definition) is 1. The molecule has 1 aromatic heterocycles. The van der Waals surface area contributed by atoms with Crippen molar-refractivity contribution in [3.8, 4) is 0 Å². The van der Waals surface area contributed by atoms with Gasteiger partial charge < -0.3 is 9.32 Å². The summed E-state index contributed by atoms with van der Waals surface area (Å²) in [5, 5.41) is 4.86. The standard InChI is InChI=1S/C22H24ClN3O3/c1-14-19-17(24-25-21(27)15-7-5-8-16(23)13-15)9-6-10-18(19)29-20(14)22(28)26-11-3-2-4-12-26/h5,7-8,13H,2-4,6,9-12H2,1H3,(H,25,27)/b24-17+. The van der Waals surface area contributed by atoms with Crippen LogP contribution in [0.1, 0.15) is 69.9 Å². The highest BCUT2D eigenvalue weighted by molar-refractivity contribution is 6.31. The molecular formula is C22H24ClN3O3. The molecule has 29 heavy (non-hydrogen) atoms. The van der Waals surface area contributed by atoms with Gasteiger partial charge in [0, 0.05) is 41.2 Å². The summed E-state index contributed by atoms with van der Waals surface area (Å²) < 4.78 is 5.99. The minimum absolute atomic E-state index is 0.0427. The number of carbonyl (C=O) groups is 2. The van der Waals surface area contributed by atoms with E-state index in [1.165, 1.54) is 6.42 Å². The number of carbonyl (C=O) groups excluding carboxylic acids is 2. The maximum Gasteiger partial charge on any atom is 0.289 e. The van der Waals surface area contributed by atoms with Crippen molar-refractivity contribution in [2.45, 2.75) is 45.4 Å². The van der Waals surface area contributed by atoms with Gasteiger partial charge in [0.25, 0.3) is 11.8 Å². The molecule has 1 aliphatic heterocycles. The second kappa shape index (κ2) is 8.41. The molecule has 152 valence electrons. The van der Waals surface area contributed by atoms with Gasteiger partial charge in [-0.2, -0.15) is 5.10 Å². The average molecular weight is 414 g/mol. The Morgan fingerprint density at radius 2 is 1.93 bits per heavy atom. The number of nitrogens with zero attached hydrogens (tertiary/aromatic N) is 2. The first-order chi connectivity index (χ1) is 14.0. The maximum atomic E-state index is 12.9. The average Bonchev–Trinajstić information content (AvgIpc) is 3.09. The molecular weight excluding hydrogens is 390 g/mol. The summed E-state index contributed by atoms with van der Waals surface area (Å²) in [6.45, 7) is 3.46. The van der Waals surface area contributed by atoms with Crippen molar-refractivity contribution in [3.63, 3.8) is 0 Å². The first-order valence-corrected chi connectivity index (χ1v) is 10.5. The molecule has 0 radical (unpaired) electrons. The lowest BCUT2D eigenvalue weighted by Crippen LogP contribution is -2.35. The fourth-order valence-electron chi connectivity index (χ4n) is 4.04. The quantitative estimate of drug-likeness (QED) is 0.760. The van der Waals surface area contributed by atoms with Crippen molar-refractivity contribution >= 4 is 29.1 Å². The van der Waals surface area contributed by atoms with E-state index in [1.807, 2.05) is 11.8 Å². The van der Waals surface area contributed by atoms with E-state index < -0.39 is 0 Å². The van der Waals surface area contributed by atoms with E-state index in [2.05, 4.69) is 10.5 Å². The minimum Gasteiger partial charge on any atom is -0.455 e. The van der Waals surface area contributed by atoms with Gasteiger partial charge in [-0.15, -0.1) is 0 Å². The highest BCUT2D eigenvalue weighted by atomic mass is 35.5. The van der Waals surface area contributed by atoms with Crippen molar-refractivity contribution < 1.29 is 14.0 Å². The first-order valence-electron chi connectivity index (χ1n) is 10.1. The smallest absolute Gasteiger partial charge is 0.289 e. The third kappa shape index (κ3) is 4.08. The molecule has 1 aromatic carbocycles. The van der Waals surface area contributed by atoms with Crippen molar-refractivity contribution in [2.24, 2.45) is 5.10 Å². The van der Waals surface area contributed by atoms with Gasteiger partial charge in [-0.25, -0.2) is 5.43 Å². The molecule has 4 rings (SSSR count). The van der Waals surface area contributed by atoms with Crippen LogP contribution >= 0.6 is 11.6 Å². The van der Waals surface area contributed by atoms with E-state index in [9.17, 15) is 9.59 Å². The lowest BCUT2D eigenvalue weighted by molar-refractivity contribution is 0.0689. The van der Waals surface area contributed by atoms with Gasteiger partial charge in [-0.05, 0) is 57.2 Å². The van der Waals surface area contributed by atoms with Gasteiger partial charge in [0.1, 0.15) is 5.76 Å². The Kier molecular flexibility index (Phi) is 5.72. The molecule has 2 aliphatic rings.